The molecule has 0 radical (unpaired) electrons. The number of aromatic nitrogens is 1. The van der Waals surface area contributed by atoms with Gasteiger partial charge in [-0.15, -0.1) is 0 Å². The van der Waals surface area contributed by atoms with E-state index in [2.05, 4.69) is 4.98 Å². The first-order chi connectivity index (χ1) is 16.4. The lowest BCUT2D eigenvalue weighted by Gasteiger charge is -2.20. The van der Waals surface area contributed by atoms with Crippen LogP contribution in [0.2, 0.25) is 5.02 Å². The van der Waals surface area contributed by atoms with Gasteiger partial charge in [0.05, 0.1) is 11.9 Å². The molecule has 172 valence electrons. The lowest BCUT2D eigenvalue weighted by molar-refractivity contribution is -0.149. The van der Waals surface area contributed by atoms with Gasteiger partial charge in [-0.2, -0.15) is 0 Å². The molecule has 1 atom stereocenters. The molecule has 7 nitrogen and oxygen atoms in total. The number of amides is 2. The molecule has 3 aromatic carbocycles. The zero-order chi connectivity index (χ0) is 24.1. The molecule has 2 amide bonds. The normalized spacial score (nSPS) is 11.6. The van der Waals surface area contributed by atoms with Crippen LogP contribution in [0.3, 0.4) is 0 Å². The highest BCUT2D eigenvalue weighted by molar-refractivity contribution is 6.31. The quantitative estimate of drug-likeness (QED) is 0.231. The van der Waals surface area contributed by atoms with E-state index < -0.39 is 17.9 Å². The van der Waals surface area contributed by atoms with E-state index in [0.717, 1.165) is 16.5 Å². The number of imide groups is 1. The van der Waals surface area contributed by atoms with E-state index in [4.69, 9.17) is 26.9 Å². The van der Waals surface area contributed by atoms with Crippen LogP contribution in [0.5, 0.6) is 17.4 Å². The molecule has 34 heavy (non-hydrogen) atoms. The number of nitrogens with two attached hydrogens (primary N) is 1. The second kappa shape index (κ2) is 10.3. The molecule has 4 rings (SSSR count). The van der Waals surface area contributed by atoms with E-state index in [-0.39, 0.29) is 6.42 Å². The molecule has 8 heteroatoms. The van der Waals surface area contributed by atoms with Crippen molar-refractivity contribution in [2.45, 2.75) is 19.4 Å². The molecule has 2 N–H and O–H groups in total. The van der Waals surface area contributed by atoms with Crippen molar-refractivity contribution >= 4 is 34.3 Å². The molecule has 0 spiro atoms. The van der Waals surface area contributed by atoms with Crippen molar-refractivity contribution in [3.63, 3.8) is 0 Å². The number of halogens is 1. The van der Waals surface area contributed by atoms with E-state index in [0.29, 0.717) is 27.4 Å². The number of carbonyl (C=O) groups excluding carboxylic acids is 2. The van der Waals surface area contributed by atoms with E-state index in [1.807, 2.05) is 36.4 Å². The Morgan fingerprint density at radius 1 is 0.971 bits per heavy atom. The van der Waals surface area contributed by atoms with Crippen molar-refractivity contribution in [2.75, 3.05) is 0 Å². The van der Waals surface area contributed by atoms with Crippen LogP contribution in [-0.2, 0) is 16.0 Å². The minimum atomic E-state index is -0.953. The summed E-state index contributed by atoms with van der Waals surface area (Å²) in [5.74, 6) is 6.00. The first kappa shape index (κ1) is 23.2. The molecule has 0 aliphatic rings. The fourth-order valence-corrected chi connectivity index (χ4v) is 3.45. The van der Waals surface area contributed by atoms with Gasteiger partial charge in [0.25, 0.3) is 5.91 Å². The van der Waals surface area contributed by atoms with Crippen LogP contribution in [0.1, 0.15) is 12.5 Å². The summed E-state index contributed by atoms with van der Waals surface area (Å²) in [5, 5.41) is 2.16. The van der Waals surface area contributed by atoms with Gasteiger partial charge in [-0.3, -0.25) is 9.59 Å². The minimum Gasteiger partial charge on any atom is -0.481 e. The van der Waals surface area contributed by atoms with E-state index in [1.165, 1.54) is 6.92 Å². The van der Waals surface area contributed by atoms with Gasteiger partial charge in [0.1, 0.15) is 11.5 Å². The van der Waals surface area contributed by atoms with Crippen LogP contribution in [0.4, 0.5) is 0 Å². The Bertz CT molecular complexity index is 1310. The van der Waals surface area contributed by atoms with Gasteiger partial charge in [-0.05, 0) is 61.0 Å². The Morgan fingerprint density at radius 2 is 1.68 bits per heavy atom. The summed E-state index contributed by atoms with van der Waals surface area (Å²) >= 11 is 6.01. The Hall–Kier alpha value is -3.94. The number of nitrogens with zero attached hydrogens (tertiary/aromatic N) is 2. The molecule has 4 aromatic rings. The van der Waals surface area contributed by atoms with Crippen molar-refractivity contribution in [3.05, 3.63) is 95.5 Å². The summed E-state index contributed by atoms with van der Waals surface area (Å²) in [6.45, 7) is 1.54. The summed E-state index contributed by atoms with van der Waals surface area (Å²) in [6, 6.07) is 24.8. The zero-order valence-electron chi connectivity index (χ0n) is 18.4. The molecule has 0 saturated carbocycles. The number of hydrogen-bond acceptors (Lipinski definition) is 6. The molecule has 0 aliphatic heterocycles. The zero-order valence-corrected chi connectivity index (χ0v) is 19.1. The molecule has 1 aromatic heterocycles. The van der Waals surface area contributed by atoms with Crippen molar-refractivity contribution in [1.82, 2.24) is 9.99 Å². The summed E-state index contributed by atoms with van der Waals surface area (Å²) in [7, 11) is 0. The molecule has 0 unspecified atom stereocenters. The first-order valence-corrected chi connectivity index (χ1v) is 10.9. The number of rotatable bonds is 7. The summed E-state index contributed by atoms with van der Waals surface area (Å²) in [6.07, 6.45) is -0.928. The average Bonchev–Trinajstić information content (AvgIpc) is 2.85. The van der Waals surface area contributed by atoms with Crippen molar-refractivity contribution in [2.24, 2.45) is 5.84 Å². The van der Waals surface area contributed by atoms with Crippen molar-refractivity contribution in [3.8, 4) is 17.4 Å². The third-order valence-electron chi connectivity index (χ3n) is 5.04. The number of carbonyl (C=O) groups is 2. The smallest absolute Gasteiger partial charge is 0.284 e. The topological polar surface area (TPSA) is 94.8 Å². The second-order valence-corrected chi connectivity index (χ2v) is 8.02. The van der Waals surface area contributed by atoms with Crippen molar-refractivity contribution < 1.29 is 19.1 Å². The largest absolute Gasteiger partial charge is 0.481 e. The Kier molecular flexibility index (Phi) is 7.06. The van der Waals surface area contributed by atoms with Gasteiger partial charge in [-0.25, -0.2) is 15.8 Å². The SMILES string of the molecule is C[C@@H](Oc1ccc(Oc2ccc3cc(Cl)ccc3n2)cc1)C(=O)N(N)C(=O)Cc1ccccc1. The highest BCUT2D eigenvalue weighted by Crippen LogP contribution is 2.26. The number of hydrogen-bond donors (Lipinski definition) is 1. The Labute approximate surface area is 201 Å². The van der Waals surface area contributed by atoms with Crippen molar-refractivity contribution in [1.29, 1.82) is 0 Å². The standard InChI is InChI=1S/C26H22ClN3O4/c1-17(26(32)30(28)25(31)15-18-5-3-2-4-6-18)33-21-9-11-22(12-10-21)34-24-14-7-19-16-20(27)8-13-23(19)29-24/h2-14,16-17H,15,28H2,1H3/t17-/m1/s1. The van der Waals surface area contributed by atoms with Crippen LogP contribution in [0.15, 0.2) is 84.9 Å². The molecule has 0 fully saturated rings. The predicted octanol–water partition coefficient (Wildman–Crippen LogP) is 4.92. The van der Waals surface area contributed by atoms with E-state index in [9.17, 15) is 9.59 Å². The van der Waals surface area contributed by atoms with Gasteiger partial charge in [0.15, 0.2) is 6.10 Å². The first-order valence-electron chi connectivity index (χ1n) is 10.6. The molecular formula is C26H22ClN3O4. The fraction of sp³-hybridized carbons (Fsp3) is 0.115. The summed E-state index contributed by atoms with van der Waals surface area (Å²) in [5.41, 5.74) is 1.53. The van der Waals surface area contributed by atoms with Crippen LogP contribution in [0, 0.1) is 0 Å². The number of ether oxygens (including phenoxy) is 2. The maximum Gasteiger partial charge on any atom is 0.284 e. The van der Waals surface area contributed by atoms with Gasteiger partial charge in [0, 0.05) is 16.5 Å². The van der Waals surface area contributed by atoms with Crippen LogP contribution in [-0.4, -0.2) is 27.9 Å². The van der Waals surface area contributed by atoms with Gasteiger partial charge < -0.3 is 9.47 Å². The number of benzene rings is 3. The minimum absolute atomic E-state index is 0.0255. The monoisotopic (exact) mass is 475 g/mol. The number of pyridine rings is 1. The van der Waals surface area contributed by atoms with E-state index >= 15 is 0 Å². The Balaban J connectivity index is 1.34. The maximum absolute atomic E-state index is 12.5. The second-order valence-electron chi connectivity index (χ2n) is 7.58. The maximum atomic E-state index is 12.5. The van der Waals surface area contributed by atoms with E-state index in [1.54, 1.807) is 48.5 Å². The van der Waals surface area contributed by atoms with Crippen LogP contribution < -0.4 is 15.3 Å². The average molecular weight is 476 g/mol. The highest BCUT2D eigenvalue weighted by atomic mass is 35.5. The summed E-state index contributed by atoms with van der Waals surface area (Å²) in [4.78, 5) is 29.3. The molecule has 0 saturated heterocycles. The molecular weight excluding hydrogens is 454 g/mol. The third kappa shape index (κ3) is 5.70. The lowest BCUT2D eigenvalue weighted by atomic mass is 10.1. The molecule has 0 bridgehead atoms. The molecule has 1 heterocycles. The van der Waals surface area contributed by atoms with Gasteiger partial charge in [0.2, 0.25) is 11.8 Å². The van der Waals surface area contributed by atoms with Gasteiger partial charge >= 0.3 is 0 Å². The highest BCUT2D eigenvalue weighted by Gasteiger charge is 2.25. The molecule has 0 aliphatic carbocycles. The van der Waals surface area contributed by atoms with Crippen LogP contribution >= 0.6 is 11.6 Å². The van der Waals surface area contributed by atoms with Crippen LogP contribution in [0.25, 0.3) is 10.9 Å². The summed E-state index contributed by atoms with van der Waals surface area (Å²) < 4.78 is 11.5. The Morgan fingerprint density at radius 3 is 2.41 bits per heavy atom. The predicted molar refractivity (Wildman–Crippen MR) is 130 cm³/mol. The lowest BCUT2D eigenvalue weighted by Crippen LogP contribution is -2.49. The van der Waals surface area contributed by atoms with Gasteiger partial charge in [-0.1, -0.05) is 41.9 Å². The number of fused-ring (bicyclic) bond motifs is 1. The number of hydrazine groups is 1. The third-order valence-corrected chi connectivity index (χ3v) is 5.27. The fourth-order valence-electron chi connectivity index (χ4n) is 3.27.